The molecular weight excluding hydrogens is 889 g/mol. The van der Waals surface area contributed by atoms with Gasteiger partial charge >= 0.3 is 0 Å². The molecule has 340 valence electrons. The second kappa shape index (κ2) is 15.2. The van der Waals surface area contributed by atoms with Crippen LogP contribution in [0.2, 0.25) is 0 Å². The summed E-state index contributed by atoms with van der Waals surface area (Å²) in [6, 6.07) is 92.9. The molecule has 2 aliphatic rings. The Labute approximate surface area is 420 Å². The minimum absolute atomic E-state index is 0.725. The van der Waals surface area contributed by atoms with Gasteiger partial charge in [0, 0.05) is 43.7 Å². The largest absolute Gasteiger partial charge is 0.454 e. The maximum Gasteiger partial charge on any atom is 0.159 e. The van der Waals surface area contributed by atoms with Gasteiger partial charge in [0.2, 0.25) is 0 Å². The number of anilines is 6. The highest BCUT2D eigenvalue weighted by Crippen LogP contribution is 2.67. The monoisotopic (exact) mass is 930 g/mol. The highest BCUT2D eigenvalue weighted by molar-refractivity contribution is 6.21. The summed E-state index contributed by atoms with van der Waals surface area (Å²) in [6.07, 6.45) is 0. The van der Waals surface area contributed by atoms with Crippen LogP contribution in [-0.2, 0) is 5.41 Å². The number of furan rings is 2. The van der Waals surface area contributed by atoms with E-state index in [0.717, 1.165) is 88.8 Å². The minimum Gasteiger partial charge on any atom is -0.454 e. The van der Waals surface area contributed by atoms with Crippen molar-refractivity contribution in [3.05, 3.63) is 277 Å². The number of fused-ring (bicyclic) bond motifs is 20. The third kappa shape index (κ3) is 5.44. The molecule has 0 unspecified atom stereocenters. The van der Waals surface area contributed by atoms with E-state index in [2.05, 4.69) is 265 Å². The van der Waals surface area contributed by atoms with Gasteiger partial charge in [0.05, 0.1) is 28.2 Å². The summed E-state index contributed by atoms with van der Waals surface area (Å²) in [4.78, 5) is 4.87. The van der Waals surface area contributed by atoms with E-state index >= 15 is 0 Å². The van der Waals surface area contributed by atoms with Crippen LogP contribution in [0, 0.1) is 0 Å². The van der Waals surface area contributed by atoms with Gasteiger partial charge in [0.15, 0.2) is 11.2 Å². The van der Waals surface area contributed by atoms with E-state index < -0.39 is 5.41 Å². The molecule has 14 aromatic rings. The molecule has 0 aliphatic heterocycles. The van der Waals surface area contributed by atoms with Crippen molar-refractivity contribution in [1.82, 2.24) is 0 Å². The van der Waals surface area contributed by atoms with Crippen LogP contribution in [0.4, 0.5) is 34.1 Å². The second-order valence-corrected chi connectivity index (χ2v) is 19.4. The van der Waals surface area contributed by atoms with Crippen molar-refractivity contribution in [1.29, 1.82) is 0 Å². The van der Waals surface area contributed by atoms with Gasteiger partial charge in [-0.1, -0.05) is 194 Å². The zero-order valence-corrected chi connectivity index (χ0v) is 39.5. The van der Waals surface area contributed by atoms with Gasteiger partial charge in [0.25, 0.3) is 0 Å². The average molecular weight is 931 g/mol. The SMILES string of the molecule is c1ccc(N(c2cc3c(c4ccccc24)-c2c(cc(N(c4ccccc4)c4cccc5c4oc4ccccc45)c4ccccc24)C32c3ccccc3-c3ccccc32)c2cccc3c2oc2ccccc23)cc1. The van der Waals surface area contributed by atoms with Crippen molar-refractivity contribution >= 4 is 99.5 Å². The Kier molecular flexibility index (Phi) is 8.35. The molecule has 4 heteroatoms. The molecule has 1 spiro atoms. The molecule has 0 radical (unpaired) electrons. The minimum atomic E-state index is -0.725. The lowest BCUT2D eigenvalue weighted by Gasteiger charge is -2.34. The number of rotatable bonds is 6. The molecule has 0 saturated heterocycles. The van der Waals surface area contributed by atoms with Crippen molar-refractivity contribution in [2.75, 3.05) is 9.80 Å². The molecule has 0 amide bonds. The maximum absolute atomic E-state index is 6.90. The van der Waals surface area contributed by atoms with E-state index in [1.807, 2.05) is 0 Å². The Bertz CT molecular complexity index is 4290. The van der Waals surface area contributed by atoms with Crippen LogP contribution in [-0.4, -0.2) is 0 Å². The maximum atomic E-state index is 6.90. The van der Waals surface area contributed by atoms with E-state index in [4.69, 9.17) is 8.83 Å². The molecule has 2 aromatic heterocycles. The molecule has 0 bridgehead atoms. The predicted molar refractivity (Wildman–Crippen MR) is 302 cm³/mol. The number of nitrogens with zero attached hydrogens (tertiary/aromatic N) is 2. The zero-order chi connectivity index (χ0) is 47.8. The fourth-order valence-corrected chi connectivity index (χ4v) is 13.0. The summed E-state index contributed by atoms with van der Waals surface area (Å²) in [5.41, 5.74) is 19.0. The molecule has 0 N–H and O–H groups in total. The summed E-state index contributed by atoms with van der Waals surface area (Å²) >= 11 is 0. The number of hydrogen-bond donors (Lipinski definition) is 0. The first kappa shape index (κ1) is 40.1. The quantitative estimate of drug-likeness (QED) is 0.166. The van der Waals surface area contributed by atoms with Crippen molar-refractivity contribution in [3.8, 4) is 22.3 Å². The van der Waals surface area contributed by atoms with Gasteiger partial charge in [-0.3, -0.25) is 0 Å². The summed E-state index contributed by atoms with van der Waals surface area (Å²) in [7, 11) is 0. The molecule has 0 saturated carbocycles. The van der Waals surface area contributed by atoms with Crippen LogP contribution < -0.4 is 9.80 Å². The second-order valence-electron chi connectivity index (χ2n) is 19.4. The molecule has 2 heterocycles. The summed E-state index contributed by atoms with van der Waals surface area (Å²) in [5, 5.41) is 9.06. The average Bonchev–Trinajstić information content (AvgIpc) is 4.20. The van der Waals surface area contributed by atoms with E-state index in [9.17, 15) is 0 Å². The molecule has 0 fully saturated rings. The Balaban J connectivity index is 1.06. The van der Waals surface area contributed by atoms with Crippen LogP contribution in [0.5, 0.6) is 0 Å². The van der Waals surface area contributed by atoms with Crippen molar-refractivity contribution in [2.45, 2.75) is 5.41 Å². The smallest absolute Gasteiger partial charge is 0.159 e. The fourth-order valence-electron chi connectivity index (χ4n) is 13.0. The van der Waals surface area contributed by atoms with Gasteiger partial charge in [0.1, 0.15) is 11.2 Å². The van der Waals surface area contributed by atoms with Crippen LogP contribution >= 0.6 is 0 Å². The molecule has 4 nitrogen and oxygen atoms in total. The van der Waals surface area contributed by atoms with E-state index in [1.54, 1.807) is 0 Å². The Morgan fingerprint density at radius 3 is 1.07 bits per heavy atom. The first-order valence-electron chi connectivity index (χ1n) is 25.1. The van der Waals surface area contributed by atoms with Crippen molar-refractivity contribution in [2.24, 2.45) is 0 Å². The number of para-hydroxylation sites is 6. The third-order valence-electron chi connectivity index (χ3n) is 15.8. The summed E-state index contributed by atoms with van der Waals surface area (Å²) in [6.45, 7) is 0. The van der Waals surface area contributed by atoms with Crippen molar-refractivity contribution in [3.63, 3.8) is 0 Å². The predicted octanol–water partition coefficient (Wildman–Crippen LogP) is 19.1. The van der Waals surface area contributed by atoms with E-state index in [-0.39, 0.29) is 0 Å². The summed E-state index contributed by atoms with van der Waals surface area (Å²) in [5.74, 6) is 0. The Morgan fingerprint density at radius 2 is 0.616 bits per heavy atom. The van der Waals surface area contributed by atoms with Gasteiger partial charge in [-0.15, -0.1) is 0 Å². The standard InChI is InChI=1S/C69H42N2O2/c1-3-21-43(22-4-1)70(59-37-19-33-53-49-29-13-17-39-63(49)72-67(53)59)61-41-57-65(51-31-9-7-27-47(51)61)66-52-32-10-8-28-48(52)62(42-58(66)69(57)55-35-15-11-25-45(55)46-26-12-16-36-56(46)69)71(44-23-5-2-6-24-44)60-38-20-34-54-50-30-14-18-40-64(50)73-68(54)60/h1-42H. The normalized spacial score (nSPS) is 13.0. The van der Waals surface area contributed by atoms with Gasteiger partial charge in [-0.25, -0.2) is 0 Å². The van der Waals surface area contributed by atoms with Crippen LogP contribution in [0.1, 0.15) is 22.3 Å². The Morgan fingerprint density at radius 1 is 0.260 bits per heavy atom. The molecular formula is C69H42N2O2. The summed E-state index contributed by atoms with van der Waals surface area (Å²) < 4.78 is 13.8. The molecule has 2 aliphatic carbocycles. The van der Waals surface area contributed by atoms with Gasteiger partial charge in [-0.2, -0.15) is 0 Å². The lowest BCUT2D eigenvalue weighted by atomic mass is 9.70. The molecule has 16 rings (SSSR count). The molecule has 0 atom stereocenters. The van der Waals surface area contributed by atoms with Crippen LogP contribution in [0.15, 0.2) is 264 Å². The first-order valence-corrected chi connectivity index (χ1v) is 25.1. The fraction of sp³-hybridized carbons (Fsp3) is 0.0145. The third-order valence-corrected chi connectivity index (χ3v) is 15.8. The number of hydrogen-bond acceptors (Lipinski definition) is 4. The van der Waals surface area contributed by atoms with E-state index in [1.165, 1.54) is 55.3 Å². The van der Waals surface area contributed by atoms with Gasteiger partial charge in [-0.05, 0) is 116 Å². The van der Waals surface area contributed by atoms with Crippen LogP contribution in [0.3, 0.4) is 0 Å². The topological polar surface area (TPSA) is 32.8 Å². The van der Waals surface area contributed by atoms with Gasteiger partial charge < -0.3 is 18.6 Å². The van der Waals surface area contributed by atoms with E-state index in [0.29, 0.717) is 0 Å². The van der Waals surface area contributed by atoms with Crippen LogP contribution in [0.25, 0.3) is 87.7 Å². The highest BCUT2D eigenvalue weighted by Gasteiger charge is 2.53. The Hall–Kier alpha value is -9.64. The highest BCUT2D eigenvalue weighted by atomic mass is 16.3. The first-order chi connectivity index (χ1) is 36.3. The molecule has 73 heavy (non-hydrogen) atoms. The number of benzene rings is 12. The lowest BCUT2D eigenvalue weighted by Crippen LogP contribution is -2.26. The lowest BCUT2D eigenvalue weighted by molar-refractivity contribution is 0.669. The molecule has 12 aromatic carbocycles. The zero-order valence-electron chi connectivity index (χ0n) is 39.5. The van der Waals surface area contributed by atoms with Crippen molar-refractivity contribution < 1.29 is 8.83 Å².